The largest absolute Gasteiger partial charge is 0.358 e. The molecule has 23 heavy (non-hydrogen) atoms. The van der Waals surface area contributed by atoms with Crippen LogP contribution in [0.3, 0.4) is 0 Å². The van der Waals surface area contributed by atoms with E-state index in [1.54, 1.807) is 19.1 Å². The van der Waals surface area contributed by atoms with Crippen molar-refractivity contribution >= 4 is 18.0 Å². The molecule has 1 N–H and O–H groups in total. The SMILES string of the molecule is C/C=C/c1ccc(C(=O)NOC(=O)/C(C)=C/CCCCC)cc1. The van der Waals surface area contributed by atoms with Crippen molar-refractivity contribution in [2.24, 2.45) is 0 Å². The highest BCUT2D eigenvalue weighted by molar-refractivity contribution is 5.95. The van der Waals surface area contributed by atoms with Crippen molar-refractivity contribution in [1.29, 1.82) is 0 Å². The van der Waals surface area contributed by atoms with E-state index in [-0.39, 0.29) is 0 Å². The van der Waals surface area contributed by atoms with E-state index in [9.17, 15) is 9.59 Å². The molecule has 0 atom stereocenters. The third-order valence-electron chi connectivity index (χ3n) is 3.35. The van der Waals surface area contributed by atoms with Crippen molar-refractivity contribution in [3.8, 4) is 0 Å². The Morgan fingerprint density at radius 3 is 2.48 bits per heavy atom. The van der Waals surface area contributed by atoms with Gasteiger partial charge in [-0.2, -0.15) is 5.48 Å². The second-order valence-electron chi connectivity index (χ2n) is 5.33. The molecule has 0 aliphatic rings. The molecule has 1 aromatic carbocycles. The van der Waals surface area contributed by atoms with E-state index in [0.717, 1.165) is 31.2 Å². The molecular formula is C19H25NO3. The molecule has 1 amide bonds. The third-order valence-corrected chi connectivity index (χ3v) is 3.35. The Hall–Kier alpha value is -2.36. The maximum Gasteiger partial charge on any atom is 0.358 e. The molecule has 0 aliphatic carbocycles. The number of hydrogen-bond donors (Lipinski definition) is 1. The summed E-state index contributed by atoms with van der Waals surface area (Å²) in [4.78, 5) is 28.5. The molecule has 0 fully saturated rings. The van der Waals surface area contributed by atoms with Crippen molar-refractivity contribution in [3.63, 3.8) is 0 Å². The summed E-state index contributed by atoms with van der Waals surface area (Å²) in [6.07, 6.45) is 9.87. The van der Waals surface area contributed by atoms with Crippen LogP contribution in [0, 0.1) is 0 Å². The molecule has 1 rings (SSSR count). The number of benzene rings is 1. The van der Waals surface area contributed by atoms with E-state index in [4.69, 9.17) is 4.84 Å². The molecule has 0 aliphatic heterocycles. The van der Waals surface area contributed by atoms with Gasteiger partial charge in [-0.1, -0.05) is 50.1 Å². The number of carbonyl (C=O) groups is 2. The number of carbonyl (C=O) groups excluding carboxylic acids is 2. The van der Waals surface area contributed by atoms with Gasteiger partial charge in [0.1, 0.15) is 0 Å². The van der Waals surface area contributed by atoms with Gasteiger partial charge in [-0.05, 0) is 44.4 Å². The molecule has 0 bridgehead atoms. The summed E-state index contributed by atoms with van der Waals surface area (Å²) >= 11 is 0. The number of hydroxylamine groups is 1. The molecule has 0 saturated carbocycles. The Kier molecular flexibility index (Phi) is 8.43. The summed E-state index contributed by atoms with van der Waals surface area (Å²) in [6, 6.07) is 7.03. The fraction of sp³-hybridized carbons (Fsp3) is 0.368. The average Bonchev–Trinajstić information content (AvgIpc) is 2.57. The third kappa shape index (κ3) is 6.96. The summed E-state index contributed by atoms with van der Waals surface area (Å²) in [7, 11) is 0. The summed E-state index contributed by atoms with van der Waals surface area (Å²) in [5, 5.41) is 0. The highest BCUT2D eigenvalue weighted by atomic mass is 16.7. The zero-order chi connectivity index (χ0) is 17.1. The quantitative estimate of drug-likeness (QED) is 0.460. The Morgan fingerprint density at radius 2 is 1.87 bits per heavy atom. The smallest absolute Gasteiger partial charge is 0.335 e. The predicted molar refractivity (Wildman–Crippen MR) is 92.6 cm³/mol. The lowest BCUT2D eigenvalue weighted by atomic mass is 10.1. The first kappa shape index (κ1) is 18.7. The van der Waals surface area contributed by atoms with E-state index in [1.807, 2.05) is 37.3 Å². The molecule has 124 valence electrons. The fourth-order valence-corrected chi connectivity index (χ4v) is 1.97. The van der Waals surface area contributed by atoms with Crippen molar-refractivity contribution in [1.82, 2.24) is 5.48 Å². The molecule has 0 unspecified atom stereocenters. The van der Waals surface area contributed by atoms with Gasteiger partial charge in [-0.25, -0.2) is 4.79 Å². The highest BCUT2D eigenvalue weighted by Gasteiger charge is 2.10. The maximum absolute atomic E-state index is 11.9. The van der Waals surface area contributed by atoms with Gasteiger partial charge in [0.2, 0.25) is 0 Å². The zero-order valence-electron chi connectivity index (χ0n) is 14.1. The summed E-state index contributed by atoms with van der Waals surface area (Å²) in [5.41, 5.74) is 4.14. The predicted octanol–water partition coefficient (Wildman–Crippen LogP) is 4.43. The standard InChI is InChI=1S/C19H25NO3/c1-4-6-7-8-10-15(3)19(22)23-20-18(21)17-13-11-16(9-5-2)12-14-17/h5,9-14H,4,6-8H2,1-3H3,(H,20,21)/b9-5+,15-10+. The minimum Gasteiger partial charge on any atom is -0.335 e. The van der Waals surface area contributed by atoms with Gasteiger partial charge < -0.3 is 4.84 Å². The summed E-state index contributed by atoms with van der Waals surface area (Å²) in [6.45, 7) is 5.75. The van der Waals surface area contributed by atoms with E-state index < -0.39 is 11.9 Å². The number of amides is 1. The first-order valence-corrected chi connectivity index (χ1v) is 7.99. The topological polar surface area (TPSA) is 55.4 Å². The monoisotopic (exact) mass is 315 g/mol. The van der Waals surface area contributed by atoms with Crippen LogP contribution >= 0.6 is 0 Å². The first-order valence-electron chi connectivity index (χ1n) is 7.99. The van der Waals surface area contributed by atoms with E-state index >= 15 is 0 Å². The molecule has 0 aromatic heterocycles. The lowest BCUT2D eigenvalue weighted by molar-refractivity contribution is -0.144. The second-order valence-corrected chi connectivity index (χ2v) is 5.33. The molecule has 0 heterocycles. The number of unbranched alkanes of at least 4 members (excludes halogenated alkanes) is 3. The van der Waals surface area contributed by atoms with Gasteiger partial charge in [-0.15, -0.1) is 0 Å². The molecule has 4 nitrogen and oxygen atoms in total. The van der Waals surface area contributed by atoms with Crippen LogP contribution in [0.5, 0.6) is 0 Å². The van der Waals surface area contributed by atoms with Crippen LogP contribution in [0.2, 0.25) is 0 Å². The highest BCUT2D eigenvalue weighted by Crippen LogP contribution is 2.07. The molecule has 1 aromatic rings. The lowest BCUT2D eigenvalue weighted by Crippen LogP contribution is -2.27. The minimum absolute atomic E-state index is 0.440. The van der Waals surface area contributed by atoms with Crippen LogP contribution < -0.4 is 5.48 Å². The van der Waals surface area contributed by atoms with Crippen LogP contribution in [0.4, 0.5) is 0 Å². The maximum atomic E-state index is 11.9. The fourth-order valence-electron chi connectivity index (χ4n) is 1.97. The average molecular weight is 315 g/mol. The van der Waals surface area contributed by atoms with Crippen molar-refractivity contribution in [2.75, 3.05) is 0 Å². The van der Waals surface area contributed by atoms with E-state index in [0.29, 0.717) is 11.1 Å². The number of nitrogens with one attached hydrogen (secondary N) is 1. The van der Waals surface area contributed by atoms with E-state index in [2.05, 4.69) is 12.4 Å². The normalized spacial score (nSPS) is 11.5. The number of hydrogen-bond acceptors (Lipinski definition) is 3. The van der Waals surface area contributed by atoms with Gasteiger partial charge in [0, 0.05) is 11.1 Å². The van der Waals surface area contributed by atoms with Crippen molar-refractivity contribution < 1.29 is 14.4 Å². The van der Waals surface area contributed by atoms with Crippen LogP contribution in [-0.2, 0) is 9.63 Å². The second kappa shape index (κ2) is 10.4. The van der Waals surface area contributed by atoms with Gasteiger partial charge in [-0.3, -0.25) is 4.79 Å². The van der Waals surface area contributed by atoms with Gasteiger partial charge in [0.05, 0.1) is 0 Å². The van der Waals surface area contributed by atoms with Gasteiger partial charge >= 0.3 is 5.97 Å². The van der Waals surface area contributed by atoms with Crippen LogP contribution in [-0.4, -0.2) is 11.9 Å². The van der Waals surface area contributed by atoms with Crippen LogP contribution in [0.15, 0.2) is 42.0 Å². The lowest BCUT2D eigenvalue weighted by Gasteiger charge is -2.06. The minimum atomic E-state index is -0.527. The zero-order valence-corrected chi connectivity index (χ0v) is 14.1. The molecular weight excluding hydrogens is 290 g/mol. The van der Waals surface area contributed by atoms with E-state index in [1.165, 1.54) is 0 Å². The molecule has 0 spiro atoms. The molecule has 0 radical (unpaired) electrons. The molecule has 4 heteroatoms. The molecule has 0 saturated heterocycles. The Labute approximate surface area is 138 Å². The Balaban J connectivity index is 2.46. The van der Waals surface area contributed by atoms with Crippen LogP contribution in [0.25, 0.3) is 6.08 Å². The Morgan fingerprint density at radius 1 is 1.17 bits per heavy atom. The van der Waals surface area contributed by atoms with Gasteiger partial charge in [0.25, 0.3) is 5.91 Å². The number of rotatable bonds is 7. The summed E-state index contributed by atoms with van der Waals surface area (Å²) in [5.74, 6) is -0.968. The first-order chi connectivity index (χ1) is 11.1. The van der Waals surface area contributed by atoms with Crippen molar-refractivity contribution in [2.45, 2.75) is 46.5 Å². The number of allylic oxidation sites excluding steroid dienone is 2. The summed E-state index contributed by atoms with van der Waals surface area (Å²) < 4.78 is 0. The van der Waals surface area contributed by atoms with Gasteiger partial charge in [0.15, 0.2) is 0 Å². The Bertz CT molecular complexity index is 571. The van der Waals surface area contributed by atoms with Crippen LogP contribution in [0.1, 0.15) is 62.4 Å². The van der Waals surface area contributed by atoms with Crippen molar-refractivity contribution in [3.05, 3.63) is 53.1 Å².